The van der Waals surface area contributed by atoms with Crippen LogP contribution in [-0.4, -0.2) is 42.8 Å². The summed E-state index contributed by atoms with van der Waals surface area (Å²) in [6.07, 6.45) is 11.5. The average Bonchev–Trinajstić information content (AvgIpc) is 3.12. The van der Waals surface area contributed by atoms with Gasteiger partial charge in [-0.2, -0.15) is 0 Å². The first kappa shape index (κ1) is 26.2. The molecule has 0 aliphatic heterocycles. The number of amides is 1. The number of aliphatic imine (C=N–C) groups is 1. The first-order valence-electron chi connectivity index (χ1n) is 11.7. The molecule has 2 rings (SSSR count). The molecule has 0 spiro atoms. The number of nitrogens with zero attached hydrogens (tertiary/aromatic N) is 2. The summed E-state index contributed by atoms with van der Waals surface area (Å²) in [5.74, 6) is 0.711. The molecule has 1 aliphatic rings. The highest BCUT2D eigenvalue weighted by atomic mass is 16.6. The largest absolute Gasteiger partial charge is 0.404 e. The lowest BCUT2D eigenvalue weighted by atomic mass is 9.92. The monoisotopic (exact) mass is 457 g/mol. The SMILES string of the molecule is CCN/C(=C\N)C(=O)N[C@H](CONc1ccc(C(=NC)/C(C)=C\N)cn1)C1CCCCCC1. The van der Waals surface area contributed by atoms with Crippen molar-refractivity contribution in [2.75, 3.05) is 25.7 Å². The summed E-state index contributed by atoms with van der Waals surface area (Å²) in [6, 6.07) is 3.60. The van der Waals surface area contributed by atoms with Crippen molar-refractivity contribution in [3.05, 3.63) is 47.6 Å². The molecule has 0 unspecified atom stereocenters. The van der Waals surface area contributed by atoms with Crippen molar-refractivity contribution in [3.8, 4) is 0 Å². The van der Waals surface area contributed by atoms with Gasteiger partial charge < -0.3 is 22.1 Å². The molecule has 1 fully saturated rings. The third-order valence-electron chi connectivity index (χ3n) is 5.89. The van der Waals surface area contributed by atoms with E-state index in [0.29, 0.717) is 30.6 Å². The quantitative estimate of drug-likeness (QED) is 0.149. The van der Waals surface area contributed by atoms with Gasteiger partial charge in [-0.3, -0.25) is 14.6 Å². The third kappa shape index (κ3) is 8.09. The number of nitrogens with one attached hydrogen (secondary N) is 3. The van der Waals surface area contributed by atoms with Gasteiger partial charge in [0.15, 0.2) is 0 Å². The molecule has 1 saturated carbocycles. The molecule has 9 heteroatoms. The zero-order valence-corrected chi connectivity index (χ0v) is 20.1. The third-order valence-corrected chi connectivity index (χ3v) is 5.89. The maximum Gasteiger partial charge on any atom is 0.269 e. The Morgan fingerprint density at radius 1 is 1.24 bits per heavy atom. The molecule has 1 aromatic rings. The van der Waals surface area contributed by atoms with Crippen molar-refractivity contribution in [2.45, 2.75) is 58.4 Å². The van der Waals surface area contributed by atoms with Crippen LogP contribution >= 0.6 is 0 Å². The van der Waals surface area contributed by atoms with Gasteiger partial charge in [-0.25, -0.2) is 10.5 Å². The van der Waals surface area contributed by atoms with E-state index >= 15 is 0 Å². The van der Waals surface area contributed by atoms with Crippen LogP contribution < -0.4 is 27.6 Å². The summed E-state index contributed by atoms with van der Waals surface area (Å²) in [5, 5.41) is 6.12. The van der Waals surface area contributed by atoms with Crippen LogP contribution in [0.2, 0.25) is 0 Å². The number of likely N-dealkylation sites (N-methyl/N-ethyl adjacent to an activating group) is 1. The second-order valence-electron chi connectivity index (χ2n) is 8.21. The Balaban J connectivity index is 2.02. The minimum absolute atomic E-state index is 0.132. The maximum atomic E-state index is 12.7. The predicted molar refractivity (Wildman–Crippen MR) is 133 cm³/mol. The number of aromatic nitrogens is 1. The van der Waals surface area contributed by atoms with Crippen molar-refractivity contribution in [2.24, 2.45) is 22.4 Å². The summed E-state index contributed by atoms with van der Waals surface area (Å²) in [6.45, 7) is 4.77. The summed E-state index contributed by atoms with van der Waals surface area (Å²) >= 11 is 0. The number of hydrogen-bond donors (Lipinski definition) is 5. The van der Waals surface area contributed by atoms with E-state index < -0.39 is 0 Å². The summed E-state index contributed by atoms with van der Waals surface area (Å²) in [5.41, 5.74) is 17.1. The van der Waals surface area contributed by atoms with Crippen molar-refractivity contribution < 1.29 is 9.63 Å². The average molecular weight is 458 g/mol. The Hall–Kier alpha value is -3.07. The lowest BCUT2D eigenvalue weighted by molar-refractivity contribution is -0.119. The molecule has 33 heavy (non-hydrogen) atoms. The van der Waals surface area contributed by atoms with Crippen LogP contribution in [0, 0.1) is 5.92 Å². The first-order chi connectivity index (χ1) is 16.0. The molecular formula is C24H39N7O2. The Labute approximate surface area is 197 Å². The Bertz CT molecular complexity index is 826. The van der Waals surface area contributed by atoms with E-state index in [2.05, 4.69) is 26.1 Å². The molecule has 1 aliphatic carbocycles. The molecule has 182 valence electrons. The molecule has 9 nitrogen and oxygen atoms in total. The van der Waals surface area contributed by atoms with E-state index in [4.69, 9.17) is 16.3 Å². The second kappa shape index (κ2) is 14.2. The number of nitrogens with two attached hydrogens (primary N) is 2. The van der Waals surface area contributed by atoms with Crippen LogP contribution in [0.15, 0.2) is 47.0 Å². The van der Waals surface area contributed by atoms with Gasteiger partial charge >= 0.3 is 0 Å². The fourth-order valence-electron chi connectivity index (χ4n) is 4.07. The zero-order chi connectivity index (χ0) is 24.1. The standard InChI is InChI=1S/C24H39N7O2/c1-4-28-20(14-26)24(32)30-21(18-9-7-5-6-8-10-18)16-33-31-22-12-11-19(15-29-22)23(27-3)17(2)13-25/h11-15,18,21,28H,4-10,16,25-26H2,1-3H3,(H,29,31)(H,30,32)/b17-13-,20-14-,27-23?/t21-/m1/s1. The molecule has 1 amide bonds. The predicted octanol–water partition coefficient (Wildman–Crippen LogP) is 2.57. The maximum absolute atomic E-state index is 12.7. The lowest BCUT2D eigenvalue weighted by Crippen LogP contribution is -2.46. The number of allylic oxidation sites excluding steroid dienone is 1. The molecule has 0 bridgehead atoms. The van der Waals surface area contributed by atoms with Gasteiger partial charge in [0.1, 0.15) is 11.5 Å². The minimum atomic E-state index is -0.214. The molecule has 1 aromatic heterocycles. The van der Waals surface area contributed by atoms with E-state index in [1.807, 2.05) is 26.0 Å². The van der Waals surface area contributed by atoms with Gasteiger partial charge in [-0.1, -0.05) is 25.7 Å². The molecule has 0 radical (unpaired) electrons. The fourth-order valence-corrected chi connectivity index (χ4v) is 4.07. The normalized spacial score (nSPS) is 17.2. The van der Waals surface area contributed by atoms with Crippen molar-refractivity contribution in [3.63, 3.8) is 0 Å². The van der Waals surface area contributed by atoms with E-state index in [1.165, 1.54) is 25.2 Å². The summed E-state index contributed by atoms with van der Waals surface area (Å²) in [4.78, 5) is 27.2. The van der Waals surface area contributed by atoms with Gasteiger partial charge in [0.05, 0.1) is 18.4 Å². The smallest absolute Gasteiger partial charge is 0.269 e. The highest BCUT2D eigenvalue weighted by Gasteiger charge is 2.26. The van der Waals surface area contributed by atoms with Crippen molar-refractivity contribution >= 4 is 17.4 Å². The van der Waals surface area contributed by atoms with Crippen LogP contribution in [0.3, 0.4) is 0 Å². The number of carbonyl (C=O) groups is 1. The highest BCUT2D eigenvalue weighted by Crippen LogP contribution is 2.26. The molecule has 1 atom stereocenters. The summed E-state index contributed by atoms with van der Waals surface area (Å²) < 4.78 is 0. The topological polar surface area (TPSA) is 140 Å². The summed E-state index contributed by atoms with van der Waals surface area (Å²) in [7, 11) is 1.72. The first-order valence-corrected chi connectivity index (χ1v) is 11.7. The Morgan fingerprint density at radius 2 is 1.97 bits per heavy atom. The minimum Gasteiger partial charge on any atom is -0.404 e. The van der Waals surface area contributed by atoms with E-state index in [9.17, 15) is 4.79 Å². The fraction of sp³-hybridized carbons (Fsp3) is 0.542. The highest BCUT2D eigenvalue weighted by molar-refractivity contribution is 6.12. The molecule has 1 heterocycles. The van der Waals surface area contributed by atoms with E-state index in [-0.39, 0.29) is 11.9 Å². The van der Waals surface area contributed by atoms with Gasteiger partial charge in [-0.05, 0) is 56.5 Å². The van der Waals surface area contributed by atoms with Crippen molar-refractivity contribution in [1.29, 1.82) is 0 Å². The van der Waals surface area contributed by atoms with Gasteiger partial charge in [0.25, 0.3) is 5.91 Å². The van der Waals surface area contributed by atoms with Gasteiger partial charge in [-0.15, -0.1) is 0 Å². The van der Waals surface area contributed by atoms with Crippen LogP contribution in [-0.2, 0) is 9.63 Å². The Morgan fingerprint density at radius 3 is 2.52 bits per heavy atom. The van der Waals surface area contributed by atoms with Crippen molar-refractivity contribution in [1.82, 2.24) is 15.6 Å². The van der Waals surface area contributed by atoms with E-state index in [0.717, 1.165) is 42.5 Å². The second-order valence-corrected chi connectivity index (χ2v) is 8.21. The molecular weight excluding hydrogens is 418 g/mol. The molecule has 0 aromatic carbocycles. The lowest BCUT2D eigenvalue weighted by Gasteiger charge is -2.27. The molecule has 0 saturated heterocycles. The van der Waals surface area contributed by atoms with E-state index in [1.54, 1.807) is 13.2 Å². The van der Waals surface area contributed by atoms with Crippen LogP contribution in [0.4, 0.5) is 5.82 Å². The number of carbonyl (C=O) groups excluding carboxylic acids is 1. The van der Waals surface area contributed by atoms with Crippen LogP contribution in [0.1, 0.15) is 57.9 Å². The number of anilines is 1. The van der Waals surface area contributed by atoms with Crippen LogP contribution in [0.5, 0.6) is 0 Å². The zero-order valence-electron chi connectivity index (χ0n) is 20.1. The Kier molecular flexibility index (Phi) is 11.2. The van der Waals surface area contributed by atoms with Crippen LogP contribution in [0.25, 0.3) is 0 Å². The van der Waals surface area contributed by atoms with Gasteiger partial charge in [0.2, 0.25) is 0 Å². The molecule has 7 N–H and O–H groups in total. The number of pyridine rings is 1. The number of rotatable bonds is 11. The van der Waals surface area contributed by atoms with Gasteiger partial charge in [0, 0.05) is 31.6 Å². The number of hydrogen-bond acceptors (Lipinski definition) is 8.